The standard InChI is InChI=1S/C19H16N2O5S2/c1-25-14-8-5-12(15(10-14)26-2)9-16-18(24)21(19(27)28-16)20-17(23)11-3-6-13(22)7-4-11/h3-10,22H,1-2H3,(H,20,23). The Morgan fingerprint density at radius 3 is 2.54 bits per heavy atom. The molecule has 2 aromatic carbocycles. The number of rotatable bonds is 5. The molecule has 0 radical (unpaired) electrons. The fourth-order valence-electron chi connectivity index (χ4n) is 2.42. The van der Waals surface area contributed by atoms with E-state index in [-0.39, 0.29) is 15.6 Å². The Labute approximate surface area is 170 Å². The van der Waals surface area contributed by atoms with Gasteiger partial charge < -0.3 is 14.6 Å². The first-order chi connectivity index (χ1) is 13.4. The molecule has 2 aromatic rings. The largest absolute Gasteiger partial charge is 0.508 e. The SMILES string of the molecule is COc1ccc(C=C2SC(=S)N(NC(=O)c3ccc(O)cc3)C2=O)c(OC)c1. The number of nitrogens with zero attached hydrogens (tertiary/aromatic N) is 1. The third-order valence-corrected chi connectivity index (χ3v) is 5.17. The number of thioether (sulfide) groups is 1. The minimum atomic E-state index is -0.514. The predicted molar refractivity (Wildman–Crippen MR) is 110 cm³/mol. The Hall–Kier alpha value is -3.04. The number of thiocarbonyl (C=S) groups is 1. The lowest BCUT2D eigenvalue weighted by Crippen LogP contribution is -2.44. The number of amides is 2. The number of methoxy groups -OCH3 is 2. The number of benzene rings is 2. The second-order valence-electron chi connectivity index (χ2n) is 5.61. The topological polar surface area (TPSA) is 88.1 Å². The van der Waals surface area contributed by atoms with Crippen molar-refractivity contribution in [2.75, 3.05) is 14.2 Å². The van der Waals surface area contributed by atoms with E-state index in [4.69, 9.17) is 21.7 Å². The van der Waals surface area contributed by atoms with E-state index in [9.17, 15) is 14.7 Å². The van der Waals surface area contributed by atoms with Crippen LogP contribution in [-0.4, -0.2) is 40.5 Å². The molecule has 28 heavy (non-hydrogen) atoms. The highest BCUT2D eigenvalue weighted by Gasteiger charge is 2.34. The van der Waals surface area contributed by atoms with E-state index in [2.05, 4.69) is 5.43 Å². The number of phenolic OH excluding ortho intramolecular Hbond substituents is 1. The Morgan fingerprint density at radius 1 is 1.18 bits per heavy atom. The number of carbonyl (C=O) groups is 2. The van der Waals surface area contributed by atoms with E-state index < -0.39 is 11.8 Å². The Balaban J connectivity index is 1.80. The van der Waals surface area contributed by atoms with Crippen LogP contribution in [0.15, 0.2) is 47.4 Å². The van der Waals surface area contributed by atoms with Crippen LogP contribution in [-0.2, 0) is 4.79 Å². The molecule has 9 heteroatoms. The number of hydrazine groups is 1. The minimum Gasteiger partial charge on any atom is -0.508 e. The molecule has 1 aliphatic rings. The average molecular weight is 416 g/mol. The molecule has 0 spiro atoms. The fraction of sp³-hybridized carbons (Fsp3) is 0.105. The van der Waals surface area contributed by atoms with Gasteiger partial charge in [0.2, 0.25) is 0 Å². The van der Waals surface area contributed by atoms with E-state index >= 15 is 0 Å². The van der Waals surface area contributed by atoms with Gasteiger partial charge in [0.15, 0.2) is 4.32 Å². The van der Waals surface area contributed by atoms with Crippen LogP contribution in [0.25, 0.3) is 6.08 Å². The molecule has 2 amide bonds. The van der Waals surface area contributed by atoms with E-state index in [1.54, 1.807) is 31.4 Å². The number of carbonyl (C=O) groups excluding carboxylic acids is 2. The van der Waals surface area contributed by atoms with Crippen LogP contribution in [0.2, 0.25) is 0 Å². The Bertz CT molecular complexity index is 973. The van der Waals surface area contributed by atoms with Crippen molar-refractivity contribution in [2.45, 2.75) is 0 Å². The highest BCUT2D eigenvalue weighted by molar-refractivity contribution is 8.26. The summed E-state index contributed by atoms with van der Waals surface area (Å²) in [5.74, 6) is 0.249. The van der Waals surface area contributed by atoms with Gasteiger partial charge in [0.1, 0.15) is 17.2 Å². The molecular formula is C19H16N2O5S2. The molecule has 2 N–H and O–H groups in total. The van der Waals surface area contributed by atoms with Crippen LogP contribution in [0.3, 0.4) is 0 Å². The maximum atomic E-state index is 12.7. The zero-order chi connectivity index (χ0) is 20.3. The zero-order valence-corrected chi connectivity index (χ0v) is 16.6. The predicted octanol–water partition coefficient (Wildman–Crippen LogP) is 2.96. The highest BCUT2D eigenvalue weighted by Crippen LogP contribution is 2.34. The second kappa shape index (κ2) is 8.32. The van der Waals surface area contributed by atoms with Gasteiger partial charge in [0, 0.05) is 17.2 Å². The van der Waals surface area contributed by atoms with E-state index in [0.29, 0.717) is 22.0 Å². The van der Waals surface area contributed by atoms with Gasteiger partial charge in [-0.2, -0.15) is 5.01 Å². The summed E-state index contributed by atoms with van der Waals surface area (Å²) in [6.07, 6.45) is 1.64. The summed E-state index contributed by atoms with van der Waals surface area (Å²) < 4.78 is 10.7. The van der Waals surface area contributed by atoms with Gasteiger partial charge in [-0.1, -0.05) is 11.8 Å². The lowest BCUT2D eigenvalue weighted by atomic mass is 10.1. The van der Waals surface area contributed by atoms with E-state index in [0.717, 1.165) is 16.8 Å². The molecule has 1 heterocycles. The van der Waals surface area contributed by atoms with Gasteiger partial charge in [-0.15, -0.1) is 0 Å². The smallest absolute Gasteiger partial charge is 0.285 e. The maximum Gasteiger partial charge on any atom is 0.285 e. The summed E-state index contributed by atoms with van der Waals surface area (Å²) in [6, 6.07) is 10.9. The van der Waals surface area contributed by atoms with Crippen LogP contribution in [0.5, 0.6) is 17.2 Å². The summed E-state index contributed by atoms with van der Waals surface area (Å²) in [7, 11) is 3.07. The van der Waals surface area contributed by atoms with Gasteiger partial charge in [-0.05, 0) is 54.7 Å². The molecule has 3 rings (SSSR count). The maximum absolute atomic E-state index is 12.7. The summed E-state index contributed by atoms with van der Waals surface area (Å²) in [5, 5.41) is 10.3. The van der Waals surface area contributed by atoms with Crippen molar-refractivity contribution < 1.29 is 24.2 Å². The second-order valence-corrected chi connectivity index (χ2v) is 7.29. The molecule has 0 aliphatic carbocycles. The van der Waals surface area contributed by atoms with Gasteiger partial charge >= 0.3 is 0 Å². The van der Waals surface area contributed by atoms with Crippen molar-refractivity contribution in [3.05, 3.63) is 58.5 Å². The van der Waals surface area contributed by atoms with Crippen LogP contribution >= 0.6 is 24.0 Å². The number of aromatic hydroxyl groups is 1. The first-order valence-electron chi connectivity index (χ1n) is 8.03. The third-order valence-electron chi connectivity index (χ3n) is 3.86. The molecule has 0 atom stereocenters. The van der Waals surface area contributed by atoms with Gasteiger partial charge in [-0.3, -0.25) is 15.0 Å². The van der Waals surface area contributed by atoms with Crippen molar-refractivity contribution in [3.8, 4) is 17.2 Å². The highest BCUT2D eigenvalue weighted by atomic mass is 32.2. The van der Waals surface area contributed by atoms with Crippen LogP contribution in [0.4, 0.5) is 0 Å². The van der Waals surface area contributed by atoms with Gasteiger partial charge in [0.05, 0.1) is 19.1 Å². The minimum absolute atomic E-state index is 0.0403. The van der Waals surface area contributed by atoms with Crippen molar-refractivity contribution in [2.24, 2.45) is 0 Å². The van der Waals surface area contributed by atoms with Crippen molar-refractivity contribution in [1.29, 1.82) is 0 Å². The summed E-state index contributed by atoms with van der Waals surface area (Å²) >= 11 is 6.29. The first kappa shape index (κ1) is 19.7. The Kier molecular flexibility index (Phi) is 5.86. The number of ether oxygens (including phenoxy) is 2. The first-order valence-corrected chi connectivity index (χ1v) is 9.25. The monoisotopic (exact) mass is 416 g/mol. The van der Waals surface area contributed by atoms with Crippen LogP contribution in [0, 0.1) is 0 Å². The lowest BCUT2D eigenvalue weighted by molar-refractivity contribution is -0.123. The molecule has 0 saturated carbocycles. The van der Waals surface area contributed by atoms with Crippen LogP contribution < -0.4 is 14.9 Å². The van der Waals surface area contributed by atoms with Crippen LogP contribution in [0.1, 0.15) is 15.9 Å². The summed E-state index contributed by atoms with van der Waals surface area (Å²) in [4.78, 5) is 25.4. The average Bonchev–Trinajstić information content (AvgIpc) is 2.96. The molecule has 1 aliphatic heterocycles. The molecule has 1 fully saturated rings. The normalized spacial score (nSPS) is 15.1. The molecule has 144 valence electrons. The van der Waals surface area contributed by atoms with Gasteiger partial charge in [0.25, 0.3) is 11.8 Å². The van der Waals surface area contributed by atoms with Crippen molar-refractivity contribution in [3.63, 3.8) is 0 Å². The lowest BCUT2D eigenvalue weighted by Gasteiger charge is -2.15. The number of nitrogens with one attached hydrogen (secondary N) is 1. The molecule has 0 unspecified atom stereocenters. The van der Waals surface area contributed by atoms with Crippen molar-refractivity contribution in [1.82, 2.24) is 10.4 Å². The molecular weight excluding hydrogens is 400 g/mol. The number of hydrogen-bond donors (Lipinski definition) is 2. The molecule has 0 bridgehead atoms. The summed E-state index contributed by atoms with van der Waals surface area (Å²) in [6.45, 7) is 0. The zero-order valence-electron chi connectivity index (χ0n) is 15.0. The van der Waals surface area contributed by atoms with E-state index in [1.165, 1.54) is 31.4 Å². The fourth-order valence-corrected chi connectivity index (χ4v) is 3.59. The number of hydrogen-bond acceptors (Lipinski definition) is 7. The van der Waals surface area contributed by atoms with Gasteiger partial charge in [-0.25, -0.2) is 0 Å². The third kappa shape index (κ3) is 4.10. The summed E-state index contributed by atoms with van der Waals surface area (Å²) in [5.41, 5.74) is 3.45. The molecule has 7 nitrogen and oxygen atoms in total. The molecule has 0 aromatic heterocycles. The molecule has 1 saturated heterocycles. The van der Waals surface area contributed by atoms with Crippen molar-refractivity contribution >= 4 is 46.2 Å². The van der Waals surface area contributed by atoms with E-state index in [1.807, 2.05) is 0 Å². The Morgan fingerprint density at radius 2 is 1.89 bits per heavy atom. The quantitative estimate of drug-likeness (QED) is 0.572. The number of phenols is 1.